The zero-order chi connectivity index (χ0) is 34.0. The van der Waals surface area contributed by atoms with Crippen LogP contribution >= 0.6 is 11.6 Å². The summed E-state index contributed by atoms with van der Waals surface area (Å²) in [5, 5.41) is -6.91. The first-order valence-electron chi connectivity index (χ1n) is 10.8. The van der Waals surface area contributed by atoms with Crippen molar-refractivity contribution in [3.8, 4) is 0 Å². The Balaban J connectivity index is 2.38. The molecule has 2 rings (SSSR count). The summed E-state index contributed by atoms with van der Waals surface area (Å²) in [5.74, 6) is -61.0. The average molecular weight is 693 g/mol. The summed E-state index contributed by atoms with van der Waals surface area (Å²) in [5.41, 5.74) is -1.51. The summed E-state index contributed by atoms with van der Waals surface area (Å²) in [6, 6.07) is 3.01. The number of alkyl halides is 20. The number of amides is 1. The summed E-state index contributed by atoms with van der Waals surface area (Å²) in [7, 11) is 0. The van der Waals surface area contributed by atoms with Crippen LogP contribution in [-0.2, 0) is 11.0 Å². The molecule has 0 aromatic heterocycles. The molecule has 0 atom stereocenters. The van der Waals surface area contributed by atoms with Crippen molar-refractivity contribution in [1.29, 1.82) is 0 Å². The van der Waals surface area contributed by atoms with E-state index in [-0.39, 0.29) is 5.69 Å². The summed E-state index contributed by atoms with van der Waals surface area (Å²) in [6.45, 7) is -4.05. The van der Waals surface area contributed by atoms with Gasteiger partial charge in [0.2, 0.25) is 0 Å². The van der Waals surface area contributed by atoms with Crippen LogP contribution in [0, 0.1) is 0 Å². The molecule has 248 valence electrons. The summed E-state index contributed by atoms with van der Waals surface area (Å²) in [6.07, 6.45) is -4.88. The van der Waals surface area contributed by atoms with Gasteiger partial charge in [-0.1, -0.05) is 6.07 Å². The molecule has 43 heavy (non-hydrogen) atoms. The Morgan fingerprint density at radius 1 is 0.581 bits per heavy atom. The SMILES string of the molecule is O=C(N1CCN(c2cccc(C(F)(F)F)c2)CC1)C(F)(F)C(F)(F)C(F)(F)C(F)(F)C(F)(F)C(F)(F)C(F)(F)C(F)(F)Cl. The molecule has 23 heteroatoms. The van der Waals surface area contributed by atoms with Gasteiger partial charge >= 0.3 is 53.0 Å². The predicted molar refractivity (Wildman–Crippen MR) is 106 cm³/mol. The van der Waals surface area contributed by atoms with E-state index in [0.29, 0.717) is 12.1 Å². The molecule has 0 aliphatic carbocycles. The molecule has 1 aliphatic heterocycles. The van der Waals surface area contributed by atoms with Gasteiger partial charge in [-0.15, -0.1) is 0 Å². The number of rotatable bonds is 9. The molecule has 1 aliphatic rings. The lowest BCUT2D eigenvalue weighted by Crippen LogP contribution is -2.75. The molecule has 1 aromatic rings. The third-order valence-electron chi connectivity index (χ3n) is 6.10. The molecular formula is C20H12ClF19N2O. The van der Waals surface area contributed by atoms with Gasteiger partial charge < -0.3 is 9.80 Å². The van der Waals surface area contributed by atoms with Crippen molar-refractivity contribution in [2.24, 2.45) is 0 Å². The molecule has 1 amide bonds. The molecule has 1 saturated heterocycles. The Kier molecular flexibility index (Phi) is 8.97. The maximum atomic E-state index is 14.3. The Morgan fingerprint density at radius 2 is 0.977 bits per heavy atom. The first-order chi connectivity index (χ1) is 18.8. The number of halogens is 20. The largest absolute Gasteiger partial charge is 0.416 e. The van der Waals surface area contributed by atoms with Gasteiger partial charge in [0.15, 0.2) is 0 Å². The van der Waals surface area contributed by atoms with E-state index in [1.807, 2.05) is 0 Å². The lowest BCUT2D eigenvalue weighted by molar-refractivity contribution is -0.446. The second-order valence-corrected chi connectivity index (χ2v) is 9.32. The van der Waals surface area contributed by atoms with Crippen molar-refractivity contribution >= 4 is 23.2 Å². The summed E-state index contributed by atoms with van der Waals surface area (Å²) >= 11 is 3.45. The van der Waals surface area contributed by atoms with Crippen LogP contribution in [0.25, 0.3) is 0 Å². The van der Waals surface area contributed by atoms with Crippen molar-refractivity contribution in [2.45, 2.75) is 53.0 Å². The van der Waals surface area contributed by atoms with Crippen LogP contribution in [0.5, 0.6) is 0 Å². The fourth-order valence-electron chi connectivity index (χ4n) is 3.54. The maximum absolute atomic E-state index is 14.3. The van der Waals surface area contributed by atoms with Crippen LogP contribution in [0.15, 0.2) is 24.3 Å². The summed E-state index contributed by atoms with van der Waals surface area (Å²) < 4.78 is 257. The van der Waals surface area contributed by atoms with Crippen molar-refractivity contribution in [3.05, 3.63) is 29.8 Å². The fourth-order valence-corrected chi connectivity index (χ4v) is 3.66. The highest BCUT2D eigenvalue weighted by Crippen LogP contribution is 2.64. The number of carbonyl (C=O) groups excluding carboxylic acids is 1. The van der Waals surface area contributed by atoms with Gasteiger partial charge in [0.05, 0.1) is 5.56 Å². The number of hydrogen-bond acceptors (Lipinski definition) is 2. The second kappa shape index (κ2) is 10.5. The first kappa shape index (κ1) is 36.6. The third kappa shape index (κ3) is 5.48. The highest BCUT2D eigenvalue weighted by Gasteiger charge is 2.95. The molecule has 0 N–H and O–H groups in total. The van der Waals surface area contributed by atoms with Crippen LogP contribution in [0.1, 0.15) is 5.56 Å². The second-order valence-electron chi connectivity index (χ2n) is 8.85. The van der Waals surface area contributed by atoms with E-state index in [9.17, 15) is 88.2 Å². The third-order valence-corrected chi connectivity index (χ3v) is 6.33. The first-order valence-corrected chi connectivity index (χ1v) is 11.1. The van der Waals surface area contributed by atoms with Gasteiger partial charge in [0.1, 0.15) is 0 Å². The number of nitrogens with zero attached hydrogens (tertiary/aromatic N) is 2. The van der Waals surface area contributed by atoms with Gasteiger partial charge in [-0.25, -0.2) is 0 Å². The Labute approximate surface area is 231 Å². The molecular weight excluding hydrogens is 681 g/mol. The minimum atomic E-state index is -8.70. The molecule has 0 bridgehead atoms. The van der Waals surface area contributed by atoms with Gasteiger partial charge in [0, 0.05) is 31.9 Å². The Bertz CT molecular complexity index is 1190. The standard InChI is InChI=1S/C20H12ClF19N2O/c21-20(39,40)19(37,38)18(35,36)17(33,34)16(31,32)15(29,30)14(27,28)12(22,23)11(43)42-6-4-41(5-7-42)10-3-1-2-9(8-10)13(24,25)26/h1-3,8H,4-7H2. The highest BCUT2D eigenvalue weighted by molar-refractivity contribution is 6.22. The lowest BCUT2D eigenvalue weighted by atomic mass is 9.88. The number of piperazine rings is 1. The molecule has 1 aromatic carbocycles. The normalized spacial score (nSPS) is 17.4. The van der Waals surface area contributed by atoms with E-state index in [1.54, 1.807) is 0 Å². The van der Waals surface area contributed by atoms with Crippen molar-refractivity contribution in [1.82, 2.24) is 4.90 Å². The Morgan fingerprint density at radius 3 is 1.37 bits per heavy atom. The average Bonchev–Trinajstić information content (AvgIpc) is 2.86. The van der Waals surface area contributed by atoms with E-state index in [0.717, 1.165) is 17.0 Å². The Hall–Kier alpha value is -2.55. The fraction of sp³-hybridized carbons (Fsp3) is 0.650. The van der Waals surface area contributed by atoms with Crippen LogP contribution in [-0.4, -0.2) is 83.8 Å². The van der Waals surface area contributed by atoms with Crippen LogP contribution in [0.3, 0.4) is 0 Å². The van der Waals surface area contributed by atoms with Gasteiger partial charge in [-0.2, -0.15) is 83.4 Å². The minimum Gasteiger partial charge on any atom is -0.368 e. The van der Waals surface area contributed by atoms with E-state index in [4.69, 9.17) is 0 Å². The molecule has 0 radical (unpaired) electrons. The predicted octanol–water partition coefficient (Wildman–Crippen LogP) is 7.63. The highest BCUT2D eigenvalue weighted by atomic mass is 35.5. The van der Waals surface area contributed by atoms with Crippen LogP contribution < -0.4 is 4.90 Å². The van der Waals surface area contributed by atoms with Crippen molar-refractivity contribution in [3.63, 3.8) is 0 Å². The molecule has 1 heterocycles. The number of benzene rings is 1. The van der Waals surface area contributed by atoms with Crippen molar-refractivity contribution < 1.29 is 88.2 Å². The lowest BCUT2D eigenvalue weighted by Gasteiger charge is -2.43. The monoisotopic (exact) mass is 692 g/mol. The number of anilines is 1. The summed E-state index contributed by atoms with van der Waals surface area (Å²) in [4.78, 5) is 12.5. The van der Waals surface area contributed by atoms with Crippen LogP contribution in [0.2, 0.25) is 0 Å². The zero-order valence-corrected chi connectivity index (χ0v) is 20.8. The maximum Gasteiger partial charge on any atom is 0.416 e. The zero-order valence-electron chi connectivity index (χ0n) is 20.0. The molecule has 0 saturated carbocycles. The number of hydrogen-bond donors (Lipinski definition) is 0. The van der Waals surface area contributed by atoms with E-state index in [2.05, 4.69) is 11.6 Å². The minimum absolute atomic E-state index is 0.285. The van der Waals surface area contributed by atoms with E-state index >= 15 is 0 Å². The smallest absolute Gasteiger partial charge is 0.368 e. The van der Waals surface area contributed by atoms with Gasteiger partial charge in [-0.05, 0) is 29.8 Å². The van der Waals surface area contributed by atoms with Gasteiger partial charge in [0.25, 0.3) is 5.91 Å². The van der Waals surface area contributed by atoms with Gasteiger partial charge in [-0.3, -0.25) is 4.79 Å². The topological polar surface area (TPSA) is 23.6 Å². The van der Waals surface area contributed by atoms with Crippen LogP contribution in [0.4, 0.5) is 89.1 Å². The number of carbonyl (C=O) groups is 1. The van der Waals surface area contributed by atoms with E-state index in [1.165, 1.54) is 0 Å². The molecule has 0 spiro atoms. The molecule has 1 fully saturated rings. The van der Waals surface area contributed by atoms with E-state index < -0.39 is 95.6 Å². The molecule has 3 nitrogen and oxygen atoms in total. The molecule has 0 unspecified atom stereocenters. The quantitative estimate of drug-likeness (QED) is 0.196. The van der Waals surface area contributed by atoms with Crippen molar-refractivity contribution in [2.75, 3.05) is 31.1 Å².